The average Bonchev–Trinajstić information content (AvgIpc) is 3.11. The Morgan fingerprint density at radius 2 is 2.26 bits per heavy atom. The van der Waals surface area contributed by atoms with Crippen molar-refractivity contribution in [2.45, 2.75) is 50.6 Å². The zero-order chi connectivity index (χ0) is 16.2. The van der Waals surface area contributed by atoms with Crippen molar-refractivity contribution in [2.75, 3.05) is 4.90 Å². The van der Waals surface area contributed by atoms with Gasteiger partial charge in [0.1, 0.15) is 12.0 Å². The monoisotopic (exact) mass is 340 g/mol. The fourth-order valence-corrected chi connectivity index (χ4v) is 3.73. The van der Waals surface area contributed by atoms with Crippen LogP contribution in [0.5, 0.6) is 0 Å². The van der Waals surface area contributed by atoms with Gasteiger partial charge in [-0.05, 0) is 24.4 Å². The Bertz CT molecular complexity index is 749. The van der Waals surface area contributed by atoms with Crippen LogP contribution in [0.25, 0.3) is 5.69 Å². The lowest BCUT2D eigenvalue weighted by Gasteiger charge is -2.40. The summed E-state index contributed by atoms with van der Waals surface area (Å²) in [6.07, 6.45) is 4.02. The first-order chi connectivity index (χ1) is 11.0. The Hall–Kier alpha value is -1.83. The summed E-state index contributed by atoms with van der Waals surface area (Å²) in [5, 5.41) is 8.25. The third-order valence-corrected chi connectivity index (χ3v) is 4.77. The van der Waals surface area contributed by atoms with E-state index in [4.69, 9.17) is 11.6 Å². The summed E-state index contributed by atoms with van der Waals surface area (Å²) in [6.45, 7) is 2.00. The van der Waals surface area contributed by atoms with Crippen molar-refractivity contribution >= 4 is 17.4 Å². The van der Waals surface area contributed by atoms with Crippen LogP contribution in [-0.4, -0.2) is 36.7 Å². The maximum Gasteiger partial charge on any atom is 0.250 e. The molecule has 4 rings (SSSR count). The number of fused-ring (bicyclic) bond motifs is 3. The van der Waals surface area contributed by atoms with Gasteiger partial charge >= 0.3 is 0 Å². The van der Waals surface area contributed by atoms with E-state index in [1.807, 2.05) is 16.4 Å². The van der Waals surface area contributed by atoms with Gasteiger partial charge in [-0.25, -0.2) is 13.8 Å². The SMILES string of the molecule is CCC1c2nncn2-c2cnc(Cl)nc2N1C1CCC(F)(F)C1. The summed E-state index contributed by atoms with van der Waals surface area (Å²) in [5.74, 6) is -1.33. The molecule has 1 aliphatic carbocycles. The molecule has 1 fully saturated rings. The summed E-state index contributed by atoms with van der Waals surface area (Å²) in [5.41, 5.74) is 0.675. The van der Waals surface area contributed by atoms with E-state index < -0.39 is 5.92 Å². The van der Waals surface area contributed by atoms with Gasteiger partial charge in [0.15, 0.2) is 11.6 Å². The summed E-state index contributed by atoms with van der Waals surface area (Å²) in [4.78, 5) is 10.3. The first-order valence-electron chi connectivity index (χ1n) is 7.59. The molecule has 0 bridgehead atoms. The van der Waals surface area contributed by atoms with Gasteiger partial charge in [-0.3, -0.25) is 4.57 Å². The van der Waals surface area contributed by atoms with Gasteiger partial charge in [-0.1, -0.05) is 6.92 Å². The van der Waals surface area contributed by atoms with Crippen molar-refractivity contribution in [3.63, 3.8) is 0 Å². The van der Waals surface area contributed by atoms with E-state index in [1.54, 1.807) is 12.5 Å². The average molecular weight is 341 g/mol. The fraction of sp³-hybridized carbons (Fsp3) is 0.571. The Labute approximate surface area is 136 Å². The van der Waals surface area contributed by atoms with Crippen LogP contribution in [0.4, 0.5) is 14.6 Å². The minimum Gasteiger partial charge on any atom is -0.341 e. The topological polar surface area (TPSA) is 59.7 Å². The van der Waals surface area contributed by atoms with Crippen LogP contribution in [-0.2, 0) is 0 Å². The van der Waals surface area contributed by atoms with Crippen LogP contribution in [0.2, 0.25) is 5.28 Å². The fourth-order valence-electron chi connectivity index (χ4n) is 3.61. The number of hydrogen-bond donors (Lipinski definition) is 0. The number of alkyl halides is 2. The van der Waals surface area contributed by atoms with Crippen molar-refractivity contribution in [1.29, 1.82) is 0 Å². The maximum absolute atomic E-state index is 13.8. The van der Waals surface area contributed by atoms with Gasteiger partial charge in [0, 0.05) is 18.9 Å². The lowest BCUT2D eigenvalue weighted by Crippen LogP contribution is -2.42. The number of rotatable bonds is 2. The van der Waals surface area contributed by atoms with Gasteiger partial charge in [-0.15, -0.1) is 10.2 Å². The predicted molar refractivity (Wildman–Crippen MR) is 80.1 cm³/mol. The molecule has 23 heavy (non-hydrogen) atoms. The Morgan fingerprint density at radius 3 is 2.96 bits per heavy atom. The minimum atomic E-state index is -2.63. The maximum atomic E-state index is 13.8. The summed E-state index contributed by atoms with van der Waals surface area (Å²) < 4.78 is 29.3. The molecule has 1 saturated carbocycles. The van der Waals surface area contributed by atoms with Crippen LogP contribution in [0, 0.1) is 0 Å². The van der Waals surface area contributed by atoms with Gasteiger partial charge < -0.3 is 4.90 Å². The molecule has 122 valence electrons. The Kier molecular flexibility index (Phi) is 3.26. The second-order valence-corrected chi connectivity index (χ2v) is 6.33. The van der Waals surface area contributed by atoms with E-state index >= 15 is 0 Å². The van der Waals surface area contributed by atoms with Gasteiger partial charge in [0.2, 0.25) is 11.2 Å². The smallest absolute Gasteiger partial charge is 0.250 e. The Balaban J connectivity index is 1.86. The van der Waals surface area contributed by atoms with Crippen molar-refractivity contribution in [3.8, 4) is 5.69 Å². The van der Waals surface area contributed by atoms with Crippen LogP contribution in [0.3, 0.4) is 0 Å². The molecule has 2 unspecified atom stereocenters. The number of halogens is 3. The first kappa shape index (κ1) is 14.7. The molecule has 2 aliphatic rings. The molecule has 0 saturated heterocycles. The number of anilines is 1. The lowest BCUT2D eigenvalue weighted by atomic mass is 10.0. The molecule has 0 amide bonds. The lowest BCUT2D eigenvalue weighted by molar-refractivity contribution is 0.00746. The Morgan fingerprint density at radius 1 is 1.43 bits per heavy atom. The highest BCUT2D eigenvalue weighted by Crippen LogP contribution is 2.46. The van der Waals surface area contributed by atoms with E-state index in [1.165, 1.54) is 0 Å². The second kappa shape index (κ2) is 5.09. The molecular formula is C14H15ClF2N6. The molecule has 3 heterocycles. The van der Waals surface area contributed by atoms with Crippen LogP contribution in [0.1, 0.15) is 44.5 Å². The molecule has 0 spiro atoms. The molecule has 2 aromatic heterocycles. The highest BCUT2D eigenvalue weighted by atomic mass is 35.5. The molecule has 0 radical (unpaired) electrons. The predicted octanol–water partition coefficient (Wildman–Crippen LogP) is 3.17. The normalized spacial score (nSPS) is 25.3. The van der Waals surface area contributed by atoms with Crippen molar-refractivity contribution in [3.05, 3.63) is 23.6 Å². The largest absolute Gasteiger partial charge is 0.341 e. The standard InChI is InChI=1S/C14H15ClF2N6/c1-2-9-12-21-19-7-22(12)10-6-18-13(15)20-11(10)23(9)8-3-4-14(16,17)5-8/h6-9H,2-5H2,1H3. The van der Waals surface area contributed by atoms with Crippen molar-refractivity contribution in [1.82, 2.24) is 24.7 Å². The number of hydrogen-bond acceptors (Lipinski definition) is 5. The molecule has 0 aromatic carbocycles. The van der Waals surface area contributed by atoms with Crippen molar-refractivity contribution in [2.24, 2.45) is 0 Å². The molecule has 9 heteroatoms. The van der Waals surface area contributed by atoms with E-state index in [2.05, 4.69) is 20.2 Å². The number of nitrogens with zero attached hydrogens (tertiary/aromatic N) is 6. The van der Waals surface area contributed by atoms with Crippen LogP contribution >= 0.6 is 11.6 Å². The zero-order valence-electron chi connectivity index (χ0n) is 12.5. The van der Waals surface area contributed by atoms with E-state index in [0.29, 0.717) is 24.3 Å². The summed E-state index contributed by atoms with van der Waals surface area (Å²) in [7, 11) is 0. The number of aromatic nitrogens is 5. The molecule has 2 atom stereocenters. The quantitative estimate of drug-likeness (QED) is 0.786. The van der Waals surface area contributed by atoms with E-state index in [0.717, 1.165) is 5.82 Å². The summed E-state index contributed by atoms with van der Waals surface area (Å²) >= 11 is 5.96. The molecule has 1 aliphatic heterocycles. The zero-order valence-corrected chi connectivity index (χ0v) is 13.2. The highest BCUT2D eigenvalue weighted by Gasteiger charge is 2.46. The van der Waals surface area contributed by atoms with Gasteiger partial charge in [-0.2, -0.15) is 4.98 Å². The van der Waals surface area contributed by atoms with Crippen LogP contribution < -0.4 is 4.90 Å². The third-order valence-electron chi connectivity index (χ3n) is 4.59. The molecule has 0 N–H and O–H groups in total. The van der Waals surface area contributed by atoms with Gasteiger partial charge in [0.25, 0.3) is 0 Å². The molecule has 2 aromatic rings. The highest BCUT2D eigenvalue weighted by molar-refractivity contribution is 6.28. The molecular weight excluding hydrogens is 326 g/mol. The summed E-state index contributed by atoms with van der Waals surface area (Å²) in [6, 6.07) is -0.458. The molecule has 6 nitrogen and oxygen atoms in total. The van der Waals surface area contributed by atoms with Crippen molar-refractivity contribution < 1.29 is 8.78 Å². The van der Waals surface area contributed by atoms with Gasteiger partial charge in [0.05, 0.1) is 12.2 Å². The van der Waals surface area contributed by atoms with E-state index in [-0.39, 0.29) is 30.2 Å². The van der Waals surface area contributed by atoms with Crippen LogP contribution in [0.15, 0.2) is 12.5 Å². The third kappa shape index (κ3) is 2.27. The minimum absolute atomic E-state index is 0.102. The van der Waals surface area contributed by atoms with E-state index in [9.17, 15) is 8.78 Å². The first-order valence-corrected chi connectivity index (χ1v) is 7.97. The second-order valence-electron chi connectivity index (χ2n) is 5.99.